The molecular weight excluding hydrogens is 801 g/mol. The summed E-state index contributed by atoms with van der Waals surface area (Å²) in [5.41, 5.74) is 0.0775. The van der Waals surface area contributed by atoms with Crippen molar-refractivity contribution in [3.8, 4) is 64.0 Å². The molecule has 2 heterocycles. The number of nitrogens with zero attached hydrogens (tertiary/aromatic N) is 7. The fourth-order valence-corrected chi connectivity index (χ4v) is 8.30. The Morgan fingerprint density at radius 3 is 1.13 bits per heavy atom. The summed E-state index contributed by atoms with van der Waals surface area (Å²) in [6, 6.07) is 40.6. The Labute approximate surface area is 347 Å². The standard InChI is InChI=1S/C49H21F6N7/c50-48(51,52)39-2-1-3-40(49(53,54)55)47(39)32-9-10-33(46(21-32)62-44-14-7-30(25-59)19-37(44)38-20-31(26-60)8-15-45(38)62)34-16-27(22-56)4-11-41(34)61-42-12-5-28(23-57)17-35(42)36-18-29(24-58)6-13-43(36)61/h1-21H. The quantitative estimate of drug-likeness (QED) is 0.163. The Hall–Kier alpha value is -8.83. The van der Waals surface area contributed by atoms with E-state index in [1.807, 2.05) is 4.57 Å². The molecule has 2 aromatic heterocycles. The van der Waals surface area contributed by atoms with Crippen molar-refractivity contribution in [3.63, 3.8) is 0 Å². The fraction of sp³-hybridized carbons (Fsp3) is 0.0408. The number of nitriles is 5. The molecule has 0 fully saturated rings. The van der Waals surface area contributed by atoms with E-state index >= 15 is 0 Å². The fourth-order valence-electron chi connectivity index (χ4n) is 8.30. The molecule has 0 spiro atoms. The molecule has 62 heavy (non-hydrogen) atoms. The van der Waals surface area contributed by atoms with Gasteiger partial charge in [-0.1, -0.05) is 18.2 Å². The zero-order valence-corrected chi connectivity index (χ0v) is 31.5. The second kappa shape index (κ2) is 14.2. The number of rotatable bonds is 4. The molecule has 0 atom stereocenters. The molecule has 0 saturated carbocycles. The third-order valence-corrected chi connectivity index (χ3v) is 10.9. The van der Waals surface area contributed by atoms with Gasteiger partial charge in [-0.15, -0.1) is 0 Å². The molecule has 13 heteroatoms. The summed E-state index contributed by atoms with van der Waals surface area (Å²) >= 11 is 0. The molecule has 0 bridgehead atoms. The van der Waals surface area contributed by atoms with Crippen molar-refractivity contribution in [1.29, 1.82) is 26.3 Å². The van der Waals surface area contributed by atoms with E-state index in [0.29, 0.717) is 84.2 Å². The SMILES string of the molecule is N#Cc1ccc(-n2c3ccc(C#N)cc3c3cc(C#N)ccc32)c(-c2ccc(-c3c(C(F)(F)F)cccc3C(F)(F)F)cc2-n2c3ccc(C#N)cc3c3cc(C#N)ccc32)c1. The summed E-state index contributed by atoms with van der Waals surface area (Å²) in [4.78, 5) is 0. The highest BCUT2D eigenvalue weighted by Crippen LogP contribution is 2.48. The van der Waals surface area contributed by atoms with Crippen LogP contribution < -0.4 is 0 Å². The summed E-state index contributed by atoms with van der Waals surface area (Å²) in [7, 11) is 0. The molecule has 9 aromatic rings. The molecule has 0 radical (unpaired) electrons. The van der Waals surface area contributed by atoms with Gasteiger partial charge in [-0.05, 0) is 115 Å². The molecular formula is C49H21F6N7. The van der Waals surface area contributed by atoms with Gasteiger partial charge in [0.1, 0.15) is 0 Å². The Bertz CT molecular complexity index is 3450. The normalized spacial score (nSPS) is 11.6. The van der Waals surface area contributed by atoms with Crippen molar-refractivity contribution >= 4 is 43.6 Å². The maximum absolute atomic E-state index is 14.7. The number of hydrogen-bond donors (Lipinski definition) is 0. The minimum atomic E-state index is -5.19. The van der Waals surface area contributed by atoms with Gasteiger partial charge in [0.05, 0.1) is 103 Å². The molecule has 9 rings (SSSR count). The van der Waals surface area contributed by atoms with Crippen LogP contribution in [0, 0.1) is 56.7 Å². The van der Waals surface area contributed by atoms with E-state index in [0.717, 1.165) is 0 Å². The highest BCUT2D eigenvalue weighted by molar-refractivity contribution is 6.12. The Morgan fingerprint density at radius 1 is 0.371 bits per heavy atom. The molecule has 0 aliphatic heterocycles. The first-order valence-electron chi connectivity index (χ1n) is 18.5. The van der Waals surface area contributed by atoms with Gasteiger partial charge in [-0.25, -0.2) is 0 Å². The van der Waals surface area contributed by atoms with E-state index in [4.69, 9.17) is 0 Å². The van der Waals surface area contributed by atoms with Crippen molar-refractivity contribution in [2.75, 3.05) is 0 Å². The second-order valence-electron chi connectivity index (χ2n) is 14.3. The summed E-state index contributed by atoms with van der Waals surface area (Å²) in [6.45, 7) is 0. The topological polar surface area (TPSA) is 129 Å². The first-order valence-corrected chi connectivity index (χ1v) is 18.5. The van der Waals surface area contributed by atoms with Gasteiger partial charge in [0.2, 0.25) is 0 Å². The molecule has 7 nitrogen and oxygen atoms in total. The van der Waals surface area contributed by atoms with E-state index in [2.05, 4.69) is 30.3 Å². The third kappa shape index (κ3) is 6.11. The zero-order chi connectivity index (χ0) is 43.7. The molecule has 7 aromatic carbocycles. The number of benzene rings is 7. The van der Waals surface area contributed by atoms with Crippen molar-refractivity contribution in [3.05, 3.63) is 166 Å². The monoisotopic (exact) mass is 821 g/mol. The molecule has 0 aliphatic carbocycles. The number of halogens is 6. The van der Waals surface area contributed by atoms with Crippen LogP contribution in [0.15, 0.2) is 127 Å². The van der Waals surface area contributed by atoms with Crippen molar-refractivity contribution in [1.82, 2.24) is 9.13 Å². The average Bonchev–Trinajstić information content (AvgIpc) is 3.78. The summed E-state index contributed by atoms with van der Waals surface area (Å²) < 4.78 is 91.9. The minimum absolute atomic E-state index is 0.109. The lowest BCUT2D eigenvalue weighted by molar-refractivity contribution is -0.142. The first kappa shape index (κ1) is 38.7. The Balaban J connectivity index is 1.46. The third-order valence-electron chi connectivity index (χ3n) is 10.9. The smallest absolute Gasteiger partial charge is 0.309 e. The maximum Gasteiger partial charge on any atom is 0.417 e. The number of fused-ring (bicyclic) bond motifs is 6. The maximum atomic E-state index is 14.7. The summed E-state index contributed by atoms with van der Waals surface area (Å²) in [5.74, 6) is 0. The van der Waals surface area contributed by atoms with Crippen LogP contribution >= 0.6 is 0 Å². The van der Waals surface area contributed by atoms with Gasteiger partial charge in [0.25, 0.3) is 0 Å². The second-order valence-corrected chi connectivity index (χ2v) is 14.3. The van der Waals surface area contributed by atoms with Crippen molar-refractivity contribution in [2.45, 2.75) is 12.4 Å². The minimum Gasteiger partial charge on any atom is -0.309 e. The van der Waals surface area contributed by atoms with Crippen LogP contribution in [0.4, 0.5) is 26.3 Å². The van der Waals surface area contributed by atoms with Crippen LogP contribution in [0.5, 0.6) is 0 Å². The lowest BCUT2D eigenvalue weighted by Gasteiger charge is -2.22. The lowest BCUT2D eigenvalue weighted by Crippen LogP contribution is -2.14. The number of alkyl halides is 6. The molecule has 0 N–H and O–H groups in total. The lowest BCUT2D eigenvalue weighted by atomic mass is 9.90. The van der Waals surface area contributed by atoms with Gasteiger partial charge in [0.15, 0.2) is 0 Å². The molecule has 294 valence electrons. The predicted molar refractivity (Wildman–Crippen MR) is 220 cm³/mol. The van der Waals surface area contributed by atoms with E-state index < -0.39 is 34.6 Å². The highest BCUT2D eigenvalue weighted by Gasteiger charge is 2.41. The van der Waals surface area contributed by atoms with E-state index in [1.54, 1.807) is 83.4 Å². The Morgan fingerprint density at radius 2 is 0.742 bits per heavy atom. The van der Waals surface area contributed by atoms with Crippen LogP contribution in [0.1, 0.15) is 38.9 Å². The number of hydrogen-bond acceptors (Lipinski definition) is 5. The van der Waals surface area contributed by atoms with E-state index in [9.17, 15) is 52.7 Å². The molecule has 0 saturated heterocycles. The summed E-state index contributed by atoms with van der Waals surface area (Å²) in [6.07, 6.45) is -10.4. The predicted octanol–water partition coefficient (Wildman–Crippen LogP) is 12.6. The van der Waals surface area contributed by atoms with Crippen LogP contribution in [-0.2, 0) is 12.4 Å². The Kier molecular flexibility index (Phi) is 8.84. The van der Waals surface area contributed by atoms with Gasteiger partial charge < -0.3 is 9.13 Å². The van der Waals surface area contributed by atoms with Gasteiger partial charge in [0, 0.05) is 38.2 Å². The van der Waals surface area contributed by atoms with Crippen molar-refractivity contribution in [2.24, 2.45) is 0 Å². The molecule has 0 amide bonds. The first-order chi connectivity index (χ1) is 29.8. The van der Waals surface area contributed by atoms with Crippen LogP contribution in [0.25, 0.3) is 77.2 Å². The number of aromatic nitrogens is 2. The van der Waals surface area contributed by atoms with Crippen LogP contribution in [-0.4, -0.2) is 9.13 Å². The van der Waals surface area contributed by atoms with E-state index in [1.165, 1.54) is 30.3 Å². The molecule has 0 unspecified atom stereocenters. The largest absolute Gasteiger partial charge is 0.417 e. The molecule has 0 aliphatic rings. The average molecular weight is 822 g/mol. The van der Waals surface area contributed by atoms with Gasteiger partial charge >= 0.3 is 12.4 Å². The van der Waals surface area contributed by atoms with Crippen LogP contribution in [0.3, 0.4) is 0 Å². The zero-order valence-electron chi connectivity index (χ0n) is 31.5. The van der Waals surface area contributed by atoms with E-state index in [-0.39, 0.29) is 27.9 Å². The van der Waals surface area contributed by atoms with Crippen LogP contribution in [0.2, 0.25) is 0 Å². The van der Waals surface area contributed by atoms with Crippen molar-refractivity contribution < 1.29 is 26.3 Å². The summed E-state index contributed by atoms with van der Waals surface area (Å²) in [5, 5.41) is 51.8. The van der Waals surface area contributed by atoms with Gasteiger partial charge in [-0.2, -0.15) is 52.7 Å². The van der Waals surface area contributed by atoms with Gasteiger partial charge in [-0.3, -0.25) is 0 Å². The highest BCUT2D eigenvalue weighted by atomic mass is 19.4.